The first kappa shape index (κ1) is 20.0. The highest BCUT2D eigenvalue weighted by Crippen LogP contribution is 2.24. The second-order valence-corrected chi connectivity index (χ2v) is 6.83. The average Bonchev–Trinajstić information content (AvgIpc) is 3.35. The minimum atomic E-state index is -0.262. The van der Waals surface area contributed by atoms with Crippen molar-refractivity contribution in [2.75, 3.05) is 17.7 Å². The molecular formula is C25H21N3O3. The number of methoxy groups -OCH3 is 1. The van der Waals surface area contributed by atoms with Gasteiger partial charge in [0, 0.05) is 34.9 Å². The summed E-state index contributed by atoms with van der Waals surface area (Å²) in [5, 5.41) is 5.69. The number of carbonyl (C=O) groups is 2. The van der Waals surface area contributed by atoms with E-state index in [-0.39, 0.29) is 11.8 Å². The molecule has 3 aromatic carbocycles. The average molecular weight is 411 g/mol. The van der Waals surface area contributed by atoms with Crippen LogP contribution in [0.3, 0.4) is 0 Å². The lowest BCUT2D eigenvalue weighted by Gasteiger charge is -2.11. The third-order valence-electron chi connectivity index (χ3n) is 4.77. The zero-order valence-corrected chi connectivity index (χ0v) is 16.9. The van der Waals surface area contributed by atoms with E-state index in [1.54, 1.807) is 49.6 Å². The summed E-state index contributed by atoms with van der Waals surface area (Å²) in [5.41, 5.74) is 3.11. The number of carbonyl (C=O) groups excluding carboxylic acids is 2. The van der Waals surface area contributed by atoms with E-state index in [9.17, 15) is 9.59 Å². The molecule has 6 nitrogen and oxygen atoms in total. The molecule has 1 aromatic heterocycles. The predicted molar refractivity (Wildman–Crippen MR) is 121 cm³/mol. The summed E-state index contributed by atoms with van der Waals surface area (Å²) in [5.74, 6) is 0.101. The highest BCUT2D eigenvalue weighted by molar-refractivity contribution is 6.06. The third kappa shape index (κ3) is 4.64. The molecule has 0 unspecified atom stereocenters. The number of ether oxygens (including phenoxy) is 1. The predicted octanol–water partition coefficient (Wildman–Crippen LogP) is 4.99. The van der Waals surface area contributed by atoms with Gasteiger partial charge in [-0.2, -0.15) is 0 Å². The van der Waals surface area contributed by atoms with Gasteiger partial charge in [0.25, 0.3) is 11.8 Å². The van der Waals surface area contributed by atoms with Crippen molar-refractivity contribution in [2.24, 2.45) is 0 Å². The van der Waals surface area contributed by atoms with Crippen molar-refractivity contribution in [3.63, 3.8) is 0 Å². The number of hydrogen-bond donors (Lipinski definition) is 2. The highest BCUT2D eigenvalue weighted by Gasteiger charge is 2.11. The summed E-state index contributed by atoms with van der Waals surface area (Å²) < 4.78 is 7.19. The summed E-state index contributed by atoms with van der Waals surface area (Å²) in [7, 11) is 1.55. The first-order valence-electron chi connectivity index (χ1n) is 9.73. The summed E-state index contributed by atoms with van der Waals surface area (Å²) in [6.07, 6.45) is 3.84. The van der Waals surface area contributed by atoms with E-state index in [1.807, 2.05) is 59.4 Å². The molecule has 0 aliphatic heterocycles. The molecule has 4 rings (SSSR count). The largest absolute Gasteiger partial charge is 0.495 e. The Hall–Kier alpha value is -4.32. The molecule has 154 valence electrons. The minimum Gasteiger partial charge on any atom is -0.495 e. The van der Waals surface area contributed by atoms with Crippen molar-refractivity contribution in [3.8, 4) is 11.4 Å². The molecule has 6 heteroatoms. The Morgan fingerprint density at radius 2 is 1.45 bits per heavy atom. The molecule has 2 amide bonds. The van der Waals surface area contributed by atoms with Crippen LogP contribution < -0.4 is 15.4 Å². The Morgan fingerprint density at radius 3 is 2.19 bits per heavy atom. The first-order chi connectivity index (χ1) is 15.1. The quantitative estimate of drug-likeness (QED) is 0.469. The standard InChI is InChI=1S/C25H21N3O3/c1-31-23-10-3-2-9-22(23)27-24(29)18-11-13-20(14-12-18)26-25(30)19-7-6-8-21(17-19)28-15-4-5-16-28/h2-17H,1H3,(H,26,30)(H,27,29). The number of rotatable bonds is 6. The van der Waals surface area contributed by atoms with E-state index < -0.39 is 0 Å². The second kappa shape index (κ2) is 9.00. The Morgan fingerprint density at radius 1 is 0.742 bits per heavy atom. The van der Waals surface area contributed by atoms with Crippen molar-refractivity contribution in [1.82, 2.24) is 4.57 Å². The van der Waals surface area contributed by atoms with Crippen LogP contribution in [0.1, 0.15) is 20.7 Å². The molecule has 0 aliphatic carbocycles. The fraction of sp³-hybridized carbons (Fsp3) is 0.0400. The molecule has 0 spiro atoms. The van der Waals surface area contributed by atoms with Crippen molar-refractivity contribution < 1.29 is 14.3 Å². The Kier molecular flexibility index (Phi) is 5.80. The molecule has 0 aliphatic rings. The maximum Gasteiger partial charge on any atom is 0.255 e. The van der Waals surface area contributed by atoms with Gasteiger partial charge >= 0.3 is 0 Å². The van der Waals surface area contributed by atoms with E-state index in [2.05, 4.69) is 10.6 Å². The lowest BCUT2D eigenvalue weighted by atomic mass is 10.1. The molecule has 0 atom stereocenters. The van der Waals surface area contributed by atoms with Crippen LogP contribution in [-0.2, 0) is 0 Å². The van der Waals surface area contributed by atoms with Gasteiger partial charge in [-0.15, -0.1) is 0 Å². The number of amides is 2. The number of nitrogens with one attached hydrogen (secondary N) is 2. The SMILES string of the molecule is COc1ccccc1NC(=O)c1ccc(NC(=O)c2cccc(-n3cccc3)c2)cc1. The van der Waals surface area contributed by atoms with Crippen LogP contribution in [0.4, 0.5) is 11.4 Å². The van der Waals surface area contributed by atoms with Crippen molar-refractivity contribution >= 4 is 23.2 Å². The van der Waals surface area contributed by atoms with Gasteiger partial charge in [-0.3, -0.25) is 9.59 Å². The van der Waals surface area contributed by atoms with E-state index >= 15 is 0 Å². The zero-order valence-electron chi connectivity index (χ0n) is 16.9. The zero-order chi connectivity index (χ0) is 21.6. The van der Waals surface area contributed by atoms with Gasteiger partial charge in [-0.05, 0) is 66.7 Å². The number of para-hydroxylation sites is 2. The van der Waals surface area contributed by atoms with Gasteiger partial charge in [0.15, 0.2) is 0 Å². The van der Waals surface area contributed by atoms with Gasteiger partial charge in [-0.25, -0.2) is 0 Å². The van der Waals surface area contributed by atoms with E-state index in [0.29, 0.717) is 28.3 Å². The molecular weight excluding hydrogens is 390 g/mol. The van der Waals surface area contributed by atoms with Crippen LogP contribution in [0.5, 0.6) is 5.75 Å². The lowest BCUT2D eigenvalue weighted by Crippen LogP contribution is -2.14. The minimum absolute atomic E-state index is 0.222. The maximum atomic E-state index is 12.7. The smallest absolute Gasteiger partial charge is 0.255 e. The number of anilines is 2. The number of hydrogen-bond acceptors (Lipinski definition) is 3. The molecule has 0 fully saturated rings. The van der Waals surface area contributed by atoms with Crippen LogP contribution in [0.2, 0.25) is 0 Å². The molecule has 4 aromatic rings. The molecule has 0 saturated carbocycles. The maximum absolute atomic E-state index is 12.7. The third-order valence-corrected chi connectivity index (χ3v) is 4.77. The van der Waals surface area contributed by atoms with Crippen LogP contribution in [0, 0.1) is 0 Å². The fourth-order valence-electron chi connectivity index (χ4n) is 3.16. The van der Waals surface area contributed by atoms with E-state index in [1.165, 1.54) is 0 Å². The first-order valence-corrected chi connectivity index (χ1v) is 9.73. The molecule has 0 saturated heterocycles. The van der Waals surface area contributed by atoms with Crippen LogP contribution in [0.25, 0.3) is 5.69 Å². The molecule has 0 bridgehead atoms. The highest BCUT2D eigenvalue weighted by atomic mass is 16.5. The van der Waals surface area contributed by atoms with Crippen LogP contribution >= 0.6 is 0 Å². The summed E-state index contributed by atoms with van der Waals surface area (Å²) in [6.45, 7) is 0. The van der Waals surface area contributed by atoms with E-state index in [4.69, 9.17) is 4.74 Å². The molecule has 31 heavy (non-hydrogen) atoms. The normalized spacial score (nSPS) is 10.4. The molecule has 1 heterocycles. The Bertz CT molecular complexity index is 1200. The Balaban J connectivity index is 1.43. The monoisotopic (exact) mass is 411 g/mol. The van der Waals surface area contributed by atoms with Gasteiger partial charge < -0.3 is 19.9 Å². The molecule has 0 radical (unpaired) electrons. The fourth-order valence-corrected chi connectivity index (χ4v) is 3.16. The summed E-state index contributed by atoms with van der Waals surface area (Å²) in [4.78, 5) is 25.2. The molecule has 2 N–H and O–H groups in total. The lowest BCUT2D eigenvalue weighted by molar-refractivity contribution is 0.101. The van der Waals surface area contributed by atoms with Crippen LogP contribution in [-0.4, -0.2) is 23.5 Å². The van der Waals surface area contributed by atoms with E-state index in [0.717, 1.165) is 5.69 Å². The van der Waals surface area contributed by atoms with Crippen molar-refractivity contribution in [3.05, 3.63) is 108 Å². The summed E-state index contributed by atoms with van der Waals surface area (Å²) >= 11 is 0. The Labute approximate surface area is 180 Å². The van der Waals surface area contributed by atoms with Gasteiger partial charge in [-0.1, -0.05) is 18.2 Å². The van der Waals surface area contributed by atoms with Gasteiger partial charge in [0.05, 0.1) is 12.8 Å². The van der Waals surface area contributed by atoms with Gasteiger partial charge in [0.2, 0.25) is 0 Å². The number of aromatic nitrogens is 1. The number of benzene rings is 3. The van der Waals surface area contributed by atoms with Crippen molar-refractivity contribution in [1.29, 1.82) is 0 Å². The van der Waals surface area contributed by atoms with Crippen molar-refractivity contribution in [2.45, 2.75) is 0 Å². The van der Waals surface area contributed by atoms with Gasteiger partial charge in [0.1, 0.15) is 5.75 Å². The summed E-state index contributed by atoms with van der Waals surface area (Å²) in [6, 6.07) is 25.2. The topological polar surface area (TPSA) is 72.4 Å². The second-order valence-electron chi connectivity index (χ2n) is 6.83. The number of nitrogens with zero attached hydrogens (tertiary/aromatic N) is 1. The van der Waals surface area contributed by atoms with Crippen LogP contribution in [0.15, 0.2) is 97.3 Å².